The van der Waals surface area contributed by atoms with Crippen LogP contribution >= 0.6 is 0 Å². The van der Waals surface area contributed by atoms with Crippen molar-refractivity contribution in [2.24, 2.45) is 0 Å². The van der Waals surface area contributed by atoms with Gasteiger partial charge in [-0.25, -0.2) is 0 Å². The van der Waals surface area contributed by atoms with E-state index < -0.39 is 10.2 Å². The highest BCUT2D eigenvalue weighted by atomic mass is 32.2. The van der Waals surface area contributed by atoms with E-state index >= 15 is 0 Å². The first-order valence-corrected chi connectivity index (χ1v) is 7.03. The molecular weight excluding hydrogens is 252 g/mol. The van der Waals surface area contributed by atoms with Crippen LogP contribution in [0.3, 0.4) is 0 Å². The largest absolute Gasteiger partial charge is 0.496 e. The second kappa shape index (κ2) is 5.69. The molecule has 0 aliphatic heterocycles. The van der Waals surface area contributed by atoms with Gasteiger partial charge < -0.3 is 4.74 Å². The van der Waals surface area contributed by atoms with E-state index in [1.807, 2.05) is 26.0 Å². The normalized spacial score (nSPS) is 11.9. The van der Waals surface area contributed by atoms with Crippen molar-refractivity contribution in [2.45, 2.75) is 20.4 Å². The minimum Gasteiger partial charge on any atom is -0.496 e. The van der Waals surface area contributed by atoms with Crippen LogP contribution in [-0.4, -0.2) is 33.9 Å². The lowest BCUT2D eigenvalue weighted by atomic mass is 10.0. The Balaban J connectivity index is 2.99. The lowest BCUT2D eigenvalue weighted by molar-refractivity contribution is 0.408. The van der Waals surface area contributed by atoms with Gasteiger partial charge in [0.1, 0.15) is 5.75 Å². The smallest absolute Gasteiger partial charge is 0.279 e. The standard InChI is InChI=1S/C12H20N2O3S/c1-9-6-10(2)11(12(7-9)17-5)8-13-18(15,16)14(3)4/h6-7,13H,8H2,1-5H3. The van der Waals surface area contributed by atoms with Crippen molar-refractivity contribution in [1.29, 1.82) is 0 Å². The van der Waals surface area contributed by atoms with Crippen LogP contribution in [0.1, 0.15) is 16.7 Å². The molecule has 102 valence electrons. The molecule has 0 atom stereocenters. The van der Waals surface area contributed by atoms with Gasteiger partial charge in [0.25, 0.3) is 10.2 Å². The molecule has 0 saturated carbocycles. The van der Waals surface area contributed by atoms with Gasteiger partial charge in [0.2, 0.25) is 0 Å². The zero-order chi connectivity index (χ0) is 13.9. The Morgan fingerprint density at radius 2 is 1.89 bits per heavy atom. The summed E-state index contributed by atoms with van der Waals surface area (Å²) >= 11 is 0. The van der Waals surface area contributed by atoms with E-state index in [0.29, 0.717) is 5.75 Å². The lowest BCUT2D eigenvalue weighted by Gasteiger charge is -2.16. The summed E-state index contributed by atoms with van der Waals surface area (Å²) in [6, 6.07) is 3.90. The first-order valence-electron chi connectivity index (χ1n) is 5.59. The fourth-order valence-electron chi connectivity index (χ4n) is 1.66. The quantitative estimate of drug-likeness (QED) is 0.876. The topological polar surface area (TPSA) is 58.6 Å². The monoisotopic (exact) mass is 272 g/mol. The molecule has 0 fully saturated rings. The van der Waals surface area contributed by atoms with Gasteiger partial charge in [0.05, 0.1) is 7.11 Å². The van der Waals surface area contributed by atoms with Crippen LogP contribution in [0.5, 0.6) is 5.75 Å². The van der Waals surface area contributed by atoms with E-state index in [1.165, 1.54) is 14.1 Å². The van der Waals surface area contributed by atoms with Crippen molar-refractivity contribution in [2.75, 3.05) is 21.2 Å². The highest BCUT2D eigenvalue weighted by molar-refractivity contribution is 7.87. The average Bonchev–Trinajstić information content (AvgIpc) is 2.26. The maximum absolute atomic E-state index is 11.7. The number of methoxy groups -OCH3 is 1. The van der Waals surface area contributed by atoms with Crippen LogP contribution in [0.25, 0.3) is 0 Å². The molecule has 1 N–H and O–H groups in total. The van der Waals surface area contributed by atoms with Crippen LogP contribution in [-0.2, 0) is 16.8 Å². The molecule has 0 aliphatic rings. The van der Waals surface area contributed by atoms with Gasteiger partial charge in [-0.2, -0.15) is 17.4 Å². The maximum Gasteiger partial charge on any atom is 0.279 e. The SMILES string of the molecule is COc1cc(C)cc(C)c1CNS(=O)(=O)N(C)C. The zero-order valence-electron chi connectivity index (χ0n) is 11.4. The van der Waals surface area contributed by atoms with Gasteiger partial charge in [-0.05, 0) is 31.0 Å². The second-order valence-corrected chi connectivity index (χ2v) is 6.34. The minimum atomic E-state index is -3.42. The molecule has 0 amide bonds. The molecule has 5 nitrogen and oxygen atoms in total. The minimum absolute atomic E-state index is 0.218. The highest BCUT2D eigenvalue weighted by Crippen LogP contribution is 2.24. The zero-order valence-corrected chi connectivity index (χ0v) is 12.3. The number of rotatable bonds is 5. The average molecular weight is 272 g/mol. The van der Waals surface area contributed by atoms with E-state index in [9.17, 15) is 8.42 Å². The van der Waals surface area contributed by atoms with Gasteiger partial charge in [0.15, 0.2) is 0 Å². The molecule has 0 spiro atoms. The molecule has 6 heteroatoms. The van der Waals surface area contributed by atoms with E-state index in [1.54, 1.807) is 7.11 Å². The third-order valence-corrected chi connectivity index (χ3v) is 4.18. The molecule has 0 heterocycles. The summed E-state index contributed by atoms with van der Waals surface area (Å²) in [5.74, 6) is 0.703. The Bertz CT molecular complexity index is 524. The lowest BCUT2D eigenvalue weighted by Crippen LogP contribution is -2.35. The Morgan fingerprint density at radius 1 is 1.28 bits per heavy atom. The maximum atomic E-state index is 11.7. The Morgan fingerprint density at radius 3 is 2.39 bits per heavy atom. The Labute approximate surface area is 109 Å². The second-order valence-electron chi connectivity index (χ2n) is 4.37. The first-order chi connectivity index (χ1) is 8.27. The number of nitrogens with one attached hydrogen (secondary N) is 1. The van der Waals surface area contributed by atoms with Crippen molar-refractivity contribution < 1.29 is 13.2 Å². The van der Waals surface area contributed by atoms with E-state index in [-0.39, 0.29) is 6.54 Å². The van der Waals surface area contributed by atoms with E-state index in [4.69, 9.17) is 4.74 Å². The fraction of sp³-hybridized carbons (Fsp3) is 0.500. The van der Waals surface area contributed by atoms with E-state index in [0.717, 1.165) is 21.0 Å². The molecular formula is C12H20N2O3S. The summed E-state index contributed by atoms with van der Waals surface area (Å²) in [5, 5.41) is 0. The fourth-order valence-corrected chi connectivity index (χ4v) is 2.24. The van der Waals surface area contributed by atoms with Crippen LogP contribution in [0.2, 0.25) is 0 Å². The molecule has 0 radical (unpaired) electrons. The summed E-state index contributed by atoms with van der Waals surface area (Å²) in [7, 11) is 1.14. The van der Waals surface area contributed by atoms with Crippen LogP contribution < -0.4 is 9.46 Å². The summed E-state index contributed by atoms with van der Waals surface area (Å²) in [6.07, 6.45) is 0. The van der Waals surface area contributed by atoms with Gasteiger partial charge >= 0.3 is 0 Å². The first kappa shape index (κ1) is 14.9. The van der Waals surface area contributed by atoms with E-state index in [2.05, 4.69) is 4.72 Å². The van der Waals surface area contributed by atoms with Crippen LogP contribution in [0.4, 0.5) is 0 Å². The number of ether oxygens (including phenoxy) is 1. The summed E-state index contributed by atoms with van der Waals surface area (Å²) in [5.41, 5.74) is 2.95. The number of aryl methyl sites for hydroxylation is 2. The van der Waals surface area contributed by atoms with Crippen molar-refractivity contribution in [3.63, 3.8) is 0 Å². The molecule has 0 aromatic heterocycles. The summed E-state index contributed by atoms with van der Waals surface area (Å²) in [4.78, 5) is 0. The molecule has 0 bridgehead atoms. The molecule has 1 aromatic rings. The third kappa shape index (κ3) is 3.44. The number of hydrogen-bond donors (Lipinski definition) is 1. The molecule has 0 aliphatic carbocycles. The summed E-state index contributed by atoms with van der Waals surface area (Å²) < 4.78 is 32.3. The van der Waals surface area contributed by atoms with Crippen LogP contribution in [0, 0.1) is 13.8 Å². The molecule has 0 unspecified atom stereocenters. The molecule has 0 saturated heterocycles. The van der Waals surface area contributed by atoms with Crippen molar-refractivity contribution in [3.8, 4) is 5.75 Å². The molecule has 1 aromatic carbocycles. The molecule has 1 rings (SSSR count). The predicted molar refractivity (Wildman–Crippen MR) is 71.9 cm³/mol. The Hall–Kier alpha value is -1.11. The van der Waals surface area contributed by atoms with Crippen molar-refractivity contribution in [1.82, 2.24) is 9.03 Å². The van der Waals surface area contributed by atoms with Gasteiger partial charge in [-0.15, -0.1) is 0 Å². The highest BCUT2D eigenvalue weighted by Gasteiger charge is 2.15. The van der Waals surface area contributed by atoms with Crippen LogP contribution in [0.15, 0.2) is 12.1 Å². The van der Waals surface area contributed by atoms with Crippen molar-refractivity contribution >= 4 is 10.2 Å². The molecule has 18 heavy (non-hydrogen) atoms. The number of hydrogen-bond acceptors (Lipinski definition) is 3. The van der Waals surface area contributed by atoms with Gasteiger partial charge in [0, 0.05) is 26.2 Å². The van der Waals surface area contributed by atoms with Gasteiger partial charge in [-0.3, -0.25) is 0 Å². The number of benzene rings is 1. The third-order valence-electron chi connectivity index (χ3n) is 2.71. The predicted octanol–water partition coefficient (Wildman–Crippen LogP) is 1.21. The number of nitrogens with zero attached hydrogens (tertiary/aromatic N) is 1. The van der Waals surface area contributed by atoms with Crippen molar-refractivity contribution in [3.05, 3.63) is 28.8 Å². The Kier molecular flexibility index (Phi) is 4.72. The van der Waals surface area contributed by atoms with Gasteiger partial charge in [-0.1, -0.05) is 6.07 Å². The summed E-state index contributed by atoms with van der Waals surface area (Å²) in [6.45, 7) is 4.13.